The third kappa shape index (κ3) is 4.12. The van der Waals surface area contributed by atoms with Gasteiger partial charge in [0.05, 0.1) is 16.5 Å². The number of hydrogen-bond donors (Lipinski definition) is 1. The molecule has 6 heteroatoms. The Balaban J connectivity index is 1.58. The van der Waals surface area contributed by atoms with E-state index in [-0.39, 0.29) is 17.9 Å². The lowest BCUT2D eigenvalue weighted by molar-refractivity contribution is -0.118. The van der Waals surface area contributed by atoms with Crippen molar-refractivity contribution >= 4 is 34.8 Å². The van der Waals surface area contributed by atoms with E-state index in [1.54, 1.807) is 18.2 Å². The van der Waals surface area contributed by atoms with E-state index in [1.165, 1.54) is 0 Å². The predicted molar refractivity (Wildman–Crippen MR) is 103 cm³/mol. The summed E-state index contributed by atoms with van der Waals surface area (Å²) in [4.78, 5) is 12.1. The van der Waals surface area contributed by atoms with E-state index in [1.807, 2.05) is 24.3 Å². The molecule has 1 aliphatic rings. The van der Waals surface area contributed by atoms with Crippen molar-refractivity contribution in [3.63, 3.8) is 0 Å². The third-order valence-electron chi connectivity index (χ3n) is 4.65. The Kier molecular flexibility index (Phi) is 5.70. The van der Waals surface area contributed by atoms with Crippen molar-refractivity contribution in [3.8, 4) is 11.8 Å². The van der Waals surface area contributed by atoms with Crippen LogP contribution >= 0.6 is 23.2 Å². The van der Waals surface area contributed by atoms with E-state index in [2.05, 4.69) is 11.4 Å². The van der Waals surface area contributed by atoms with Crippen LogP contribution in [0.1, 0.15) is 31.2 Å². The molecule has 26 heavy (non-hydrogen) atoms. The minimum Gasteiger partial charge on any atom is -0.482 e. The van der Waals surface area contributed by atoms with Crippen LogP contribution in [0.5, 0.6) is 5.75 Å². The molecular weight excluding hydrogens is 371 g/mol. The molecule has 1 amide bonds. The second-order valence-electron chi connectivity index (χ2n) is 6.39. The van der Waals surface area contributed by atoms with Crippen LogP contribution in [0.4, 0.5) is 5.69 Å². The van der Waals surface area contributed by atoms with Crippen LogP contribution in [0.2, 0.25) is 10.0 Å². The van der Waals surface area contributed by atoms with Crippen molar-refractivity contribution in [1.29, 1.82) is 5.26 Å². The summed E-state index contributed by atoms with van der Waals surface area (Å²) in [5.41, 5.74) is 1.30. The predicted octanol–water partition coefficient (Wildman–Crippen LogP) is 5.35. The summed E-state index contributed by atoms with van der Waals surface area (Å²) >= 11 is 11.8. The van der Waals surface area contributed by atoms with Crippen molar-refractivity contribution in [2.75, 3.05) is 11.9 Å². The zero-order valence-electron chi connectivity index (χ0n) is 14.1. The zero-order chi connectivity index (χ0) is 18.6. The maximum Gasteiger partial charge on any atom is 0.262 e. The van der Waals surface area contributed by atoms with Crippen LogP contribution in [-0.2, 0) is 10.2 Å². The minimum atomic E-state index is -0.378. The van der Waals surface area contributed by atoms with Gasteiger partial charge in [0, 0.05) is 10.7 Å². The number of nitriles is 1. The van der Waals surface area contributed by atoms with Gasteiger partial charge >= 0.3 is 0 Å². The molecule has 2 aromatic rings. The van der Waals surface area contributed by atoms with Crippen molar-refractivity contribution in [2.45, 2.75) is 31.1 Å². The fourth-order valence-corrected chi connectivity index (χ4v) is 3.71. The number of rotatable bonds is 5. The fourth-order valence-electron chi connectivity index (χ4n) is 3.25. The number of hydrogen-bond acceptors (Lipinski definition) is 3. The first-order valence-electron chi connectivity index (χ1n) is 8.42. The first-order chi connectivity index (χ1) is 12.5. The topological polar surface area (TPSA) is 62.1 Å². The van der Waals surface area contributed by atoms with Crippen LogP contribution in [0, 0.1) is 11.3 Å². The summed E-state index contributed by atoms with van der Waals surface area (Å²) in [7, 11) is 0. The van der Waals surface area contributed by atoms with Gasteiger partial charge in [-0.25, -0.2) is 0 Å². The molecular formula is C20H18Cl2N2O2. The maximum absolute atomic E-state index is 12.1. The van der Waals surface area contributed by atoms with E-state index < -0.39 is 0 Å². The molecule has 1 saturated carbocycles. The smallest absolute Gasteiger partial charge is 0.262 e. The van der Waals surface area contributed by atoms with Gasteiger partial charge in [0.1, 0.15) is 5.75 Å². The van der Waals surface area contributed by atoms with E-state index >= 15 is 0 Å². The Hall–Kier alpha value is -2.22. The summed E-state index contributed by atoms with van der Waals surface area (Å²) in [5.74, 6) is 0.110. The molecule has 3 rings (SSSR count). The molecule has 1 aliphatic carbocycles. The van der Waals surface area contributed by atoms with Crippen LogP contribution < -0.4 is 10.1 Å². The van der Waals surface area contributed by atoms with Gasteiger partial charge < -0.3 is 10.1 Å². The van der Waals surface area contributed by atoms with E-state index in [4.69, 9.17) is 27.9 Å². The molecule has 0 radical (unpaired) electrons. The molecule has 0 aromatic heterocycles. The molecule has 0 unspecified atom stereocenters. The molecule has 2 aromatic carbocycles. The highest BCUT2D eigenvalue weighted by Gasteiger charge is 2.35. The maximum atomic E-state index is 12.1. The van der Waals surface area contributed by atoms with Crippen molar-refractivity contribution in [1.82, 2.24) is 0 Å². The molecule has 1 N–H and O–H groups in total. The van der Waals surface area contributed by atoms with Crippen LogP contribution in [0.3, 0.4) is 0 Å². The second kappa shape index (κ2) is 7.99. The molecule has 0 bridgehead atoms. The first-order valence-corrected chi connectivity index (χ1v) is 9.17. The highest BCUT2D eigenvalue weighted by atomic mass is 35.5. The zero-order valence-corrected chi connectivity index (χ0v) is 15.6. The Morgan fingerprint density at radius 1 is 1.15 bits per heavy atom. The number of amides is 1. The molecule has 134 valence electrons. The van der Waals surface area contributed by atoms with E-state index in [0.29, 0.717) is 21.5 Å². The monoisotopic (exact) mass is 388 g/mol. The normalized spacial score (nSPS) is 15.3. The standard InChI is InChI=1S/C20H18Cl2N2O2/c21-15-5-8-18(17(22)11-15)26-12-19(25)24-16-6-3-14(4-7-16)20(13-23)9-1-2-10-20/h3-8,11H,1-2,9-10,12H2,(H,24,25). The Bertz CT molecular complexity index is 838. The van der Waals surface area contributed by atoms with Gasteiger partial charge in [0.2, 0.25) is 0 Å². The van der Waals surface area contributed by atoms with Gasteiger partial charge in [0.25, 0.3) is 5.91 Å². The van der Waals surface area contributed by atoms with Crippen LogP contribution in [-0.4, -0.2) is 12.5 Å². The SMILES string of the molecule is N#CC1(c2ccc(NC(=O)COc3ccc(Cl)cc3Cl)cc2)CCCC1. The van der Waals surface area contributed by atoms with Crippen molar-refractivity contribution in [2.24, 2.45) is 0 Å². The lowest BCUT2D eigenvalue weighted by atomic mass is 9.80. The van der Waals surface area contributed by atoms with Gasteiger partial charge in [-0.2, -0.15) is 5.26 Å². The Labute approximate surface area is 162 Å². The third-order valence-corrected chi connectivity index (χ3v) is 5.18. The molecule has 0 aliphatic heterocycles. The van der Waals surface area contributed by atoms with E-state index in [0.717, 1.165) is 31.2 Å². The molecule has 4 nitrogen and oxygen atoms in total. The van der Waals surface area contributed by atoms with Crippen molar-refractivity contribution < 1.29 is 9.53 Å². The molecule has 0 saturated heterocycles. The average molecular weight is 389 g/mol. The quantitative estimate of drug-likeness (QED) is 0.750. The largest absolute Gasteiger partial charge is 0.482 e. The highest BCUT2D eigenvalue weighted by Crippen LogP contribution is 2.40. The van der Waals surface area contributed by atoms with Gasteiger partial charge in [-0.1, -0.05) is 48.2 Å². The first kappa shape index (κ1) is 18.6. The summed E-state index contributed by atoms with van der Waals surface area (Å²) in [5, 5.41) is 13.2. The molecule has 0 spiro atoms. The molecule has 1 fully saturated rings. The van der Waals surface area contributed by atoms with E-state index in [9.17, 15) is 10.1 Å². The number of halogens is 2. The number of ether oxygens (including phenoxy) is 1. The summed E-state index contributed by atoms with van der Waals surface area (Å²) in [6, 6.07) is 14.8. The van der Waals surface area contributed by atoms with Crippen LogP contribution in [0.25, 0.3) is 0 Å². The summed E-state index contributed by atoms with van der Waals surface area (Å²) in [6.07, 6.45) is 3.95. The van der Waals surface area contributed by atoms with Crippen LogP contribution in [0.15, 0.2) is 42.5 Å². The number of nitrogens with zero attached hydrogens (tertiary/aromatic N) is 1. The highest BCUT2D eigenvalue weighted by molar-refractivity contribution is 6.35. The number of benzene rings is 2. The number of carbonyl (C=O) groups is 1. The second-order valence-corrected chi connectivity index (χ2v) is 7.23. The van der Waals surface area contributed by atoms with Gasteiger partial charge in [-0.05, 0) is 48.7 Å². The molecule has 0 atom stereocenters. The van der Waals surface area contributed by atoms with Gasteiger partial charge in [0.15, 0.2) is 6.61 Å². The lowest BCUT2D eigenvalue weighted by Crippen LogP contribution is -2.21. The average Bonchev–Trinajstić information content (AvgIpc) is 3.12. The fraction of sp³-hybridized carbons (Fsp3) is 0.300. The Morgan fingerprint density at radius 2 is 1.85 bits per heavy atom. The van der Waals surface area contributed by atoms with Gasteiger partial charge in [-0.3, -0.25) is 4.79 Å². The minimum absolute atomic E-state index is 0.161. The number of carbonyl (C=O) groups excluding carboxylic acids is 1. The number of nitrogens with one attached hydrogen (secondary N) is 1. The summed E-state index contributed by atoms with van der Waals surface area (Å²) < 4.78 is 5.42. The molecule has 0 heterocycles. The number of anilines is 1. The lowest BCUT2D eigenvalue weighted by Gasteiger charge is -2.21. The summed E-state index contributed by atoms with van der Waals surface area (Å²) in [6.45, 7) is -0.161. The van der Waals surface area contributed by atoms with Crippen molar-refractivity contribution in [3.05, 3.63) is 58.1 Å². The van der Waals surface area contributed by atoms with Gasteiger partial charge in [-0.15, -0.1) is 0 Å². The Morgan fingerprint density at radius 3 is 2.46 bits per heavy atom.